The summed E-state index contributed by atoms with van der Waals surface area (Å²) in [5.41, 5.74) is 7.10. The molecule has 7 rings (SSSR count). The smallest absolute Gasteiger partial charge is 0.135 e. The number of furan rings is 1. The fraction of sp³-hybridized carbons (Fsp3) is 0. The van der Waals surface area contributed by atoms with Crippen molar-refractivity contribution in [3.8, 4) is 22.4 Å². The predicted octanol–water partition coefficient (Wildman–Crippen LogP) is 8.02. The van der Waals surface area contributed by atoms with Crippen molar-refractivity contribution in [3.63, 3.8) is 0 Å². The molecule has 0 amide bonds. The molecular weight excluding hydrogens is 404 g/mol. The number of hydrogen-bond acceptors (Lipinski definition) is 3. The average molecular weight is 422 g/mol. The molecule has 0 spiro atoms. The van der Waals surface area contributed by atoms with Gasteiger partial charge in [0, 0.05) is 21.7 Å². The van der Waals surface area contributed by atoms with Gasteiger partial charge in [-0.15, -0.1) is 0 Å². The highest BCUT2D eigenvalue weighted by Gasteiger charge is 2.12. The molecule has 0 radical (unpaired) electrons. The number of benzene rings is 5. The Morgan fingerprint density at radius 1 is 0.515 bits per heavy atom. The minimum atomic E-state index is 0.907. The second-order valence-corrected chi connectivity index (χ2v) is 8.29. The maximum atomic E-state index is 6.01. The van der Waals surface area contributed by atoms with Crippen LogP contribution in [0.4, 0.5) is 0 Å². The van der Waals surface area contributed by atoms with Crippen LogP contribution in [0.15, 0.2) is 114 Å². The lowest BCUT2D eigenvalue weighted by atomic mass is 9.97. The van der Waals surface area contributed by atoms with Crippen molar-refractivity contribution in [2.45, 2.75) is 0 Å². The van der Waals surface area contributed by atoms with Gasteiger partial charge in [-0.25, -0.2) is 9.97 Å². The molecule has 0 aliphatic rings. The molecule has 5 aromatic carbocycles. The second-order valence-electron chi connectivity index (χ2n) is 8.29. The molecule has 0 atom stereocenters. The molecule has 0 saturated carbocycles. The van der Waals surface area contributed by atoms with Crippen LogP contribution in [-0.4, -0.2) is 9.97 Å². The Balaban J connectivity index is 1.44. The molecule has 33 heavy (non-hydrogen) atoms. The van der Waals surface area contributed by atoms with Gasteiger partial charge in [0.2, 0.25) is 0 Å². The van der Waals surface area contributed by atoms with E-state index < -0.39 is 0 Å². The fourth-order valence-corrected chi connectivity index (χ4v) is 4.80. The van der Waals surface area contributed by atoms with Gasteiger partial charge in [0.15, 0.2) is 0 Å². The summed E-state index contributed by atoms with van der Waals surface area (Å²) in [6, 6.07) is 35.8. The van der Waals surface area contributed by atoms with E-state index in [4.69, 9.17) is 9.40 Å². The lowest BCUT2D eigenvalue weighted by Crippen LogP contribution is -1.91. The highest BCUT2D eigenvalue weighted by atomic mass is 16.3. The van der Waals surface area contributed by atoms with E-state index in [0.717, 1.165) is 55.2 Å². The molecule has 3 heteroatoms. The molecule has 0 fully saturated rings. The van der Waals surface area contributed by atoms with E-state index in [-0.39, 0.29) is 0 Å². The Morgan fingerprint density at radius 3 is 2.27 bits per heavy atom. The van der Waals surface area contributed by atoms with Crippen LogP contribution in [-0.2, 0) is 0 Å². The molecule has 0 N–H and O–H groups in total. The molecule has 0 saturated heterocycles. The molecule has 2 aromatic heterocycles. The van der Waals surface area contributed by atoms with Crippen LogP contribution in [0.1, 0.15) is 0 Å². The van der Waals surface area contributed by atoms with Gasteiger partial charge in [0.05, 0.1) is 11.2 Å². The summed E-state index contributed by atoms with van der Waals surface area (Å²) < 4.78 is 6.01. The van der Waals surface area contributed by atoms with Crippen LogP contribution in [0.3, 0.4) is 0 Å². The number of fused-ring (bicyclic) bond motifs is 6. The Bertz CT molecular complexity index is 1830. The monoisotopic (exact) mass is 422 g/mol. The first kappa shape index (κ1) is 18.1. The Kier molecular flexibility index (Phi) is 3.84. The number of hydrogen-bond donors (Lipinski definition) is 0. The highest BCUT2D eigenvalue weighted by molar-refractivity contribution is 6.12. The summed E-state index contributed by atoms with van der Waals surface area (Å²) in [4.78, 5) is 9.25. The average Bonchev–Trinajstić information content (AvgIpc) is 3.26. The van der Waals surface area contributed by atoms with Crippen molar-refractivity contribution in [1.29, 1.82) is 0 Å². The SMILES string of the molecule is c1cc(-c2ccc3oc4ccccc4c3c2)cc(-c2ncnc3ccc4ccccc4c23)c1. The first-order chi connectivity index (χ1) is 16.3. The lowest BCUT2D eigenvalue weighted by Gasteiger charge is -2.10. The summed E-state index contributed by atoms with van der Waals surface area (Å²) in [5, 5.41) is 5.71. The minimum absolute atomic E-state index is 0.907. The fourth-order valence-electron chi connectivity index (χ4n) is 4.80. The normalized spacial score (nSPS) is 11.6. The molecule has 0 aliphatic heterocycles. The van der Waals surface area contributed by atoms with Crippen molar-refractivity contribution in [2.75, 3.05) is 0 Å². The van der Waals surface area contributed by atoms with Gasteiger partial charge < -0.3 is 4.42 Å². The number of para-hydroxylation sites is 1. The zero-order chi connectivity index (χ0) is 21.8. The topological polar surface area (TPSA) is 38.9 Å². The molecule has 154 valence electrons. The Hall–Kier alpha value is -4.50. The van der Waals surface area contributed by atoms with Crippen molar-refractivity contribution in [3.05, 3.63) is 109 Å². The number of rotatable bonds is 2. The largest absolute Gasteiger partial charge is 0.456 e. The molecule has 0 aliphatic carbocycles. The summed E-state index contributed by atoms with van der Waals surface area (Å²) in [6.45, 7) is 0. The van der Waals surface area contributed by atoms with Crippen LogP contribution in [0.5, 0.6) is 0 Å². The summed E-state index contributed by atoms with van der Waals surface area (Å²) in [5.74, 6) is 0. The van der Waals surface area contributed by atoms with Gasteiger partial charge >= 0.3 is 0 Å². The van der Waals surface area contributed by atoms with E-state index in [1.165, 1.54) is 10.8 Å². The van der Waals surface area contributed by atoms with Gasteiger partial charge in [-0.1, -0.05) is 72.8 Å². The summed E-state index contributed by atoms with van der Waals surface area (Å²) >= 11 is 0. The van der Waals surface area contributed by atoms with Crippen molar-refractivity contribution in [1.82, 2.24) is 9.97 Å². The molecular formula is C30H18N2O. The number of nitrogens with zero attached hydrogens (tertiary/aromatic N) is 2. The number of aromatic nitrogens is 2. The van der Waals surface area contributed by atoms with Gasteiger partial charge in [-0.2, -0.15) is 0 Å². The van der Waals surface area contributed by atoms with Crippen molar-refractivity contribution >= 4 is 43.6 Å². The van der Waals surface area contributed by atoms with Crippen LogP contribution in [0, 0.1) is 0 Å². The molecule has 0 unspecified atom stereocenters. The summed E-state index contributed by atoms with van der Waals surface area (Å²) in [7, 11) is 0. The Morgan fingerprint density at radius 2 is 1.30 bits per heavy atom. The van der Waals surface area contributed by atoms with E-state index in [1.54, 1.807) is 6.33 Å². The first-order valence-electron chi connectivity index (χ1n) is 11.0. The second kappa shape index (κ2) is 7.01. The van der Waals surface area contributed by atoms with Crippen LogP contribution >= 0.6 is 0 Å². The van der Waals surface area contributed by atoms with E-state index in [9.17, 15) is 0 Å². The van der Waals surface area contributed by atoms with E-state index in [1.807, 2.05) is 12.1 Å². The van der Waals surface area contributed by atoms with Gasteiger partial charge in [0.25, 0.3) is 0 Å². The lowest BCUT2D eigenvalue weighted by molar-refractivity contribution is 0.669. The maximum Gasteiger partial charge on any atom is 0.135 e. The van der Waals surface area contributed by atoms with Gasteiger partial charge in [0.1, 0.15) is 17.5 Å². The van der Waals surface area contributed by atoms with Crippen LogP contribution < -0.4 is 0 Å². The Labute approximate surface area is 190 Å². The van der Waals surface area contributed by atoms with Crippen LogP contribution in [0.25, 0.3) is 66.0 Å². The van der Waals surface area contributed by atoms with Gasteiger partial charge in [-0.05, 0) is 52.2 Å². The van der Waals surface area contributed by atoms with E-state index >= 15 is 0 Å². The third-order valence-electron chi connectivity index (χ3n) is 6.37. The van der Waals surface area contributed by atoms with Gasteiger partial charge in [-0.3, -0.25) is 0 Å². The highest BCUT2D eigenvalue weighted by Crippen LogP contribution is 2.36. The predicted molar refractivity (Wildman–Crippen MR) is 135 cm³/mol. The van der Waals surface area contributed by atoms with Crippen molar-refractivity contribution in [2.24, 2.45) is 0 Å². The van der Waals surface area contributed by atoms with E-state index in [2.05, 4.69) is 96.0 Å². The van der Waals surface area contributed by atoms with E-state index in [0.29, 0.717) is 0 Å². The molecule has 2 heterocycles. The quantitative estimate of drug-likeness (QED) is 0.265. The van der Waals surface area contributed by atoms with Crippen molar-refractivity contribution < 1.29 is 4.42 Å². The third-order valence-corrected chi connectivity index (χ3v) is 6.37. The van der Waals surface area contributed by atoms with Crippen LogP contribution in [0.2, 0.25) is 0 Å². The molecule has 7 aromatic rings. The minimum Gasteiger partial charge on any atom is -0.456 e. The summed E-state index contributed by atoms with van der Waals surface area (Å²) in [6.07, 6.45) is 1.66. The third kappa shape index (κ3) is 2.83. The molecule has 3 nitrogen and oxygen atoms in total. The zero-order valence-electron chi connectivity index (χ0n) is 17.7. The molecule has 0 bridgehead atoms. The zero-order valence-corrected chi connectivity index (χ0v) is 17.7. The standard InChI is InChI=1S/C30H18N2O/c1-2-9-23-19(6-1)12-14-26-29(23)30(32-18-31-26)22-8-5-7-20(16-22)21-13-15-28-25(17-21)24-10-3-4-11-27(24)33-28/h1-18H. The first-order valence-corrected chi connectivity index (χ1v) is 11.0. The maximum absolute atomic E-state index is 6.01.